The molecule has 1 rings (SSSR count). The van der Waals surface area contributed by atoms with Crippen LogP contribution < -0.4 is 5.32 Å². The molecule has 0 aliphatic heterocycles. The summed E-state index contributed by atoms with van der Waals surface area (Å²) in [6.45, 7) is 6.80. The molecular weight excluding hydrogens is 233 g/mol. The molecule has 0 aliphatic carbocycles. The molecule has 0 fully saturated rings. The molecule has 0 bridgehead atoms. The highest BCUT2D eigenvalue weighted by molar-refractivity contribution is 5.26. The highest BCUT2D eigenvalue weighted by Gasteiger charge is 2.23. The van der Waals surface area contributed by atoms with Gasteiger partial charge in [0, 0.05) is 13.2 Å². The summed E-state index contributed by atoms with van der Waals surface area (Å²) >= 11 is 0. The largest absolute Gasteiger partial charge is 0.351 e. The summed E-state index contributed by atoms with van der Waals surface area (Å²) in [5.41, 5.74) is 1.72. The fourth-order valence-corrected chi connectivity index (χ4v) is 1.97. The zero-order valence-electron chi connectivity index (χ0n) is 11.5. The molecule has 4 heteroatoms. The van der Waals surface area contributed by atoms with Crippen molar-refractivity contribution < 1.29 is 13.9 Å². The van der Waals surface area contributed by atoms with Gasteiger partial charge in [0.2, 0.25) is 0 Å². The summed E-state index contributed by atoms with van der Waals surface area (Å²) < 4.78 is 24.6. The van der Waals surface area contributed by atoms with Gasteiger partial charge in [0.1, 0.15) is 5.82 Å². The van der Waals surface area contributed by atoms with Crippen molar-refractivity contribution >= 4 is 0 Å². The van der Waals surface area contributed by atoms with Crippen LogP contribution in [0.1, 0.15) is 31.0 Å². The fraction of sp³-hybridized carbons (Fsp3) is 0.571. The molecule has 1 aromatic rings. The van der Waals surface area contributed by atoms with Crippen LogP contribution in [0, 0.1) is 12.7 Å². The number of aryl methyl sites for hydroxylation is 1. The lowest BCUT2D eigenvalue weighted by Gasteiger charge is -2.27. The summed E-state index contributed by atoms with van der Waals surface area (Å²) in [7, 11) is 1.82. The van der Waals surface area contributed by atoms with Crippen molar-refractivity contribution in [3.8, 4) is 0 Å². The van der Waals surface area contributed by atoms with Crippen LogP contribution in [0.15, 0.2) is 18.2 Å². The summed E-state index contributed by atoms with van der Waals surface area (Å²) in [6, 6.07) is 4.78. The van der Waals surface area contributed by atoms with Crippen molar-refractivity contribution in [3.63, 3.8) is 0 Å². The van der Waals surface area contributed by atoms with Crippen LogP contribution in [0.5, 0.6) is 0 Å². The van der Waals surface area contributed by atoms with Gasteiger partial charge < -0.3 is 14.8 Å². The van der Waals surface area contributed by atoms with Crippen LogP contribution in [-0.4, -0.2) is 26.6 Å². The minimum absolute atomic E-state index is 0.181. The first-order valence-electron chi connectivity index (χ1n) is 6.29. The lowest BCUT2D eigenvalue weighted by Crippen LogP contribution is -2.34. The number of benzene rings is 1. The Morgan fingerprint density at radius 2 is 1.78 bits per heavy atom. The first kappa shape index (κ1) is 15.1. The standard InChI is InChI=1S/C14H22FNO2/c1-5-17-14(18-6-2)13(16-4)11-7-10(3)8-12(15)9-11/h7-9,13-14,16H,5-6H2,1-4H3. The Morgan fingerprint density at radius 3 is 2.22 bits per heavy atom. The Balaban J connectivity index is 2.97. The molecular formula is C14H22FNO2. The molecule has 1 unspecified atom stereocenters. The SMILES string of the molecule is CCOC(OCC)C(NC)c1cc(C)cc(F)c1. The summed E-state index contributed by atoms with van der Waals surface area (Å²) in [4.78, 5) is 0. The van der Waals surface area contributed by atoms with Gasteiger partial charge in [-0.1, -0.05) is 6.07 Å². The number of likely N-dealkylation sites (N-methyl/N-ethyl adjacent to an activating group) is 1. The highest BCUT2D eigenvalue weighted by Crippen LogP contribution is 2.22. The van der Waals surface area contributed by atoms with Gasteiger partial charge in [-0.25, -0.2) is 4.39 Å². The van der Waals surface area contributed by atoms with E-state index in [0.29, 0.717) is 13.2 Å². The van der Waals surface area contributed by atoms with Crippen LogP contribution in [0.3, 0.4) is 0 Å². The Kier molecular flexibility index (Phi) is 6.25. The van der Waals surface area contributed by atoms with Gasteiger partial charge in [0.05, 0.1) is 6.04 Å². The van der Waals surface area contributed by atoms with E-state index in [1.165, 1.54) is 12.1 Å². The van der Waals surface area contributed by atoms with Gasteiger partial charge in [0.15, 0.2) is 6.29 Å². The molecule has 0 heterocycles. The number of halogens is 1. The fourth-order valence-electron chi connectivity index (χ4n) is 1.97. The smallest absolute Gasteiger partial charge is 0.176 e. The van der Waals surface area contributed by atoms with E-state index in [-0.39, 0.29) is 11.9 Å². The first-order chi connectivity index (χ1) is 8.62. The number of ether oxygens (including phenoxy) is 2. The maximum absolute atomic E-state index is 13.5. The Labute approximate surface area is 108 Å². The zero-order valence-corrected chi connectivity index (χ0v) is 11.5. The van der Waals surface area contributed by atoms with E-state index in [4.69, 9.17) is 9.47 Å². The van der Waals surface area contributed by atoms with Gasteiger partial charge in [-0.05, 0) is 51.1 Å². The van der Waals surface area contributed by atoms with Crippen molar-refractivity contribution in [2.75, 3.05) is 20.3 Å². The molecule has 1 N–H and O–H groups in total. The van der Waals surface area contributed by atoms with Crippen LogP contribution in [0.25, 0.3) is 0 Å². The molecule has 0 saturated carbocycles. The predicted octanol–water partition coefficient (Wildman–Crippen LogP) is 2.79. The van der Waals surface area contributed by atoms with Crippen molar-refractivity contribution in [2.45, 2.75) is 33.1 Å². The average Bonchev–Trinajstić information content (AvgIpc) is 2.29. The minimum atomic E-state index is -0.411. The normalized spacial score (nSPS) is 13.0. The summed E-state index contributed by atoms with van der Waals surface area (Å²) in [5.74, 6) is -0.239. The van der Waals surface area contributed by atoms with E-state index in [0.717, 1.165) is 11.1 Å². The van der Waals surface area contributed by atoms with Crippen molar-refractivity contribution in [3.05, 3.63) is 35.1 Å². The van der Waals surface area contributed by atoms with E-state index >= 15 is 0 Å². The van der Waals surface area contributed by atoms with Crippen LogP contribution >= 0.6 is 0 Å². The molecule has 102 valence electrons. The molecule has 0 aliphatic rings. The second-order valence-electron chi connectivity index (χ2n) is 4.11. The topological polar surface area (TPSA) is 30.5 Å². The third-order valence-corrected chi connectivity index (χ3v) is 2.67. The third kappa shape index (κ3) is 4.05. The third-order valence-electron chi connectivity index (χ3n) is 2.67. The highest BCUT2D eigenvalue weighted by atomic mass is 19.1. The first-order valence-corrected chi connectivity index (χ1v) is 6.29. The Bertz CT molecular complexity index is 345. The predicted molar refractivity (Wildman–Crippen MR) is 70.0 cm³/mol. The summed E-state index contributed by atoms with van der Waals surface area (Å²) in [6.07, 6.45) is -0.411. The van der Waals surface area contributed by atoms with Crippen LogP contribution in [0.2, 0.25) is 0 Å². The van der Waals surface area contributed by atoms with Gasteiger partial charge in [-0.2, -0.15) is 0 Å². The molecule has 0 radical (unpaired) electrons. The molecule has 0 saturated heterocycles. The molecule has 1 aromatic carbocycles. The molecule has 1 atom stereocenters. The lowest BCUT2D eigenvalue weighted by atomic mass is 10.0. The maximum atomic E-state index is 13.5. The van der Waals surface area contributed by atoms with Gasteiger partial charge >= 0.3 is 0 Å². The van der Waals surface area contributed by atoms with E-state index in [9.17, 15) is 4.39 Å². The second kappa shape index (κ2) is 7.46. The molecule has 0 spiro atoms. The van der Waals surface area contributed by atoms with E-state index in [1.807, 2.05) is 33.9 Å². The quantitative estimate of drug-likeness (QED) is 0.760. The van der Waals surface area contributed by atoms with Crippen molar-refractivity contribution in [1.82, 2.24) is 5.32 Å². The van der Waals surface area contributed by atoms with Crippen molar-refractivity contribution in [1.29, 1.82) is 0 Å². The van der Waals surface area contributed by atoms with Gasteiger partial charge in [-0.15, -0.1) is 0 Å². The van der Waals surface area contributed by atoms with Gasteiger partial charge in [-0.3, -0.25) is 0 Å². The number of hydrogen-bond acceptors (Lipinski definition) is 3. The van der Waals surface area contributed by atoms with Crippen molar-refractivity contribution in [2.24, 2.45) is 0 Å². The molecule has 18 heavy (non-hydrogen) atoms. The molecule has 0 amide bonds. The van der Waals surface area contributed by atoms with Crippen LogP contribution in [0.4, 0.5) is 4.39 Å². The molecule has 3 nitrogen and oxygen atoms in total. The number of hydrogen-bond donors (Lipinski definition) is 1. The van der Waals surface area contributed by atoms with Crippen LogP contribution in [-0.2, 0) is 9.47 Å². The maximum Gasteiger partial charge on any atom is 0.176 e. The Morgan fingerprint density at radius 1 is 1.17 bits per heavy atom. The zero-order chi connectivity index (χ0) is 13.5. The minimum Gasteiger partial charge on any atom is -0.351 e. The van der Waals surface area contributed by atoms with E-state index in [1.54, 1.807) is 0 Å². The van der Waals surface area contributed by atoms with Gasteiger partial charge in [0.25, 0.3) is 0 Å². The van der Waals surface area contributed by atoms with E-state index in [2.05, 4.69) is 5.32 Å². The Hall–Kier alpha value is -0.970. The number of nitrogens with one attached hydrogen (secondary N) is 1. The second-order valence-corrected chi connectivity index (χ2v) is 4.11. The average molecular weight is 255 g/mol. The summed E-state index contributed by atoms with van der Waals surface area (Å²) in [5, 5.41) is 3.13. The number of rotatable bonds is 7. The monoisotopic (exact) mass is 255 g/mol. The lowest BCUT2D eigenvalue weighted by molar-refractivity contribution is -0.154. The molecule has 0 aromatic heterocycles. The van der Waals surface area contributed by atoms with E-state index < -0.39 is 6.29 Å².